The number of H-pyrrole nitrogens is 1. The lowest BCUT2D eigenvalue weighted by Gasteiger charge is -2.08. The van der Waals surface area contributed by atoms with Gasteiger partial charge < -0.3 is 10.1 Å². The van der Waals surface area contributed by atoms with E-state index in [0.29, 0.717) is 5.92 Å². The number of aromatic nitrogens is 2. The van der Waals surface area contributed by atoms with Gasteiger partial charge in [-0.3, -0.25) is 0 Å². The predicted molar refractivity (Wildman–Crippen MR) is 84.4 cm³/mol. The van der Waals surface area contributed by atoms with Gasteiger partial charge in [-0.25, -0.2) is 4.98 Å². The molecule has 21 heavy (non-hydrogen) atoms. The van der Waals surface area contributed by atoms with Crippen LogP contribution in [0, 0.1) is 0 Å². The van der Waals surface area contributed by atoms with E-state index in [2.05, 4.69) is 22.2 Å². The van der Waals surface area contributed by atoms with Gasteiger partial charge in [-0.2, -0.15) is 0 Å². The van der Waals surface area contributed by atoms with Gasteiger partial charge in [0.1, 0.15) is 11.4 Å². The first kappa shape index (κ1) is 12.5. The smallest absolute Gasteiger partial charge is 0.137 e. The number of hydrogen-bond donors (Lipinski definition) is 2. The molecule has 0 spiro atoms. The van der Waals surface area contributed by atoms with Gasteiger partial charge in [0.15, 0.2) is 0 Å². The third kappa shape index (κ3) is 2.19. The van der Waals surface area contributed by atoms with Crippen LogP contribution in [-0.2, 0) is 0 Å². The quantitative estimate of drug-likeness (QED) is 0.720. The molecule has 0 bridgehead atoms. The third-order valence-electron chi connectivity index (χ3n) is 4.54. The number of aromatic amines is 1. The van der Waals surface area contributed by atoms with Crippen LogP contribution in [0.15, 0.2) is 42.7 Å². The molecule has 3 aromatic rings. The molecule has 0 saturated heterocycles. The first-order valence-corrected chi connectivity index (χ1v) is 7.58. The highest BCUT2D eigenvalue weighted by molar-refractivity contribution is 5.85. The minimum Gasteiger partial charge on any atom is -0.508 e. The molecule has 0 unspecified atom stereocenters. The second-order valence-corrected chi connectivity index (χ2v) is 5.90. The first-order chi connectivity index (χ1) is 10.3. The number of pyridine rings is 1. The molecule has 1 saturated carbocycles. The summed E-state index contributed by atoms with van der Waals surface area (Å²) in [5, 5.41) is 10.9. The number of hydrogen-bond acceptors (Lipinski definition) is 2. The van der Waals surface area contributed by atoms with Crippen molar-refractivity contribution in [2.45, 2.75) is 31.6 Å². The predicted octanol–water partition coefficient (Wildman–Crippen LogP) is 4.59. The Kier molecular flexibility index (Phi) is 2.92. The van der Waals surface area contributed by atoms with Gasteiger partial charge in [-0.1, -0.05) is 25.0 Å². The number of benzene rings is 1. The molecule has 2 heterocycles. The van der Waals surface area contributed by atoms with Gasteiger partial charge in [0, 0.05) is 23.3 Å². The third-order valence-corrected chi connectivity index (χ3v) is 4.54. The van der Waals surface area contributed by atoms with E-state index in [1.807, 2.05) is 18.3 Å². The Bertz CT molecular complexity index is 785. The summed E-state index contributed by atoms with van der Waals surface area (Å²) in [5.41, 5.74) is 4.41. The summed E-state index contributed by atoms with van der Waals surface area (Å²) in [5.74, 6) is 0.956. The molecule has 2 aromatic heterocycles. The topological polar surface area (TPSA) is 48.9 Å². The lowest BCUT2D eigenvalue weighted by atomic mass is 9.96. The summed E-state index contributed by atoms with van der Waals surface area (Å²) >= 11 is 0. The Morgan fingerprint density at radius 1 is 1.10 bits per heavy atom. The van der Waals surface area contributed by atoms with Crippen LogP contribution in [0.1, 0.15) is 37.2 Å². The van der Waals surface area contributed by atoms with Crippen LogP contribution in [0.3, 0.4) is 0 Å². The van der Waals surface area contributed by atoms with Crippen molar-refractivity contribution in [2.75, 3.05) is 0 Å². The minimum atomic E-state index is 0.290. The monoisotopic (exact) mass is 278 g/mol. The van der Waals surface area contributed by atoms with Gasteiger partial charge >= 0.3 is 0 Å². The SMILES string of the molecule is Oc1cccc(-c2cnc3[nH]cc(C4CCCC4)c3c2)c1. The molecule has 0 atom stereocenters. The summed E-state index contributed by atoms with van der Waals surface area (Å²) in [6.45, 7) is 0. The fourth-order valence-electron chi connectivity index (χ4n) is 3.44. The van der Waals surface area contributed by atoms with Crippen LogP contribution in [0.25, 0.3) is 22.2 Å². The maximum absolute atomic E-state index is 9.65. The summed E-state index contributed by atoms with van der Waals surface area (Å²) < 4.78 is 0. The summed E-state index contributed by atoms with van der Waals surface area (Å²) in [6.07, 6.45) is 9.21. The van der Waals surface area contributed by atoms with E-state index in [1.54, 1.807) is 12.1 Å². The number of nitrogens with zero attached hydrogens (tertiary/aromatic N) is 1. The van der Waals surface area contributed by atoms with Crippen molar-refractivity contribution in [1.29, 1.82) is 0 Å². The highest BCUT2D eigenvalue weighted by Gasteiger charge is 2.20. The zero-order valence-corrected chi connectivity index (χ0v) is 11.8. The van der Waals surface area contributed by atoms with E-state index in [4.69, 9.17) is 0 Å². The average Bonchev–Trinajstić information content (AvgIpc) is 3.15. The number of rotatable bonds is 2. The van der Waals surface area contributed by atoms with E-state index in [1.165, 1.54) is 36.6 Å². The molecular formula is C18H18N2O. The molecule has 0 aliphatic heterocycles. The molecule has 1 aliphatic rings. The maximum Gasteiger partial charge on any atom is 0.137 e. The van der Waals surface area contributed by atoms with Crippen molar-refractivity contribution in [3.8, 4) is 16.9 Å². The molecule has 3 heteroatoms. The van der Waals surface area contributed by atoms with Gasteiger partial charge in [-0.15, -0.1) is 0 Å². The van der Waals surface area contributed by atoms with E-state index < -0.39 is 0 Å². The van der Waals surface area contributed by atoms with Crippen molar-refractivity contribution in [3.05, 3.63) is 48.3 Å². The second-order valence-electron chi connectivity index (χ2n) is 5.90. The number of nitrogens with one attached hydrogen (secondary N) is 1. The molecule has 1 aromatic carbocycles. The van der Waals surface area contributed by atoms with Crippen molar-refractivity contribution in [2.24, 2.45) is 0 Å². The fraction of sp³-hybridized carbons (Fsp3) is 0.278. The van der Waals surface area contributed by atoms with E-state index in [0.717, 1.165) is 16.8 Å². The summed E-state index contributed by atoms with van der Waals surface area (Å²) in [7, 11) is 0. The molecule has 4 rings (SSSR count). The largest absolute Gasteiger partial charge is 0.508 e. The van der Waals surface area contributed by atoms with Gasteiger partial charge in [-0.05, 0) is 48.1 Å². The molecule has 3 nitrogen and oxygen atoms in total. The van der Waals surface area contributed by atoms with Gasteiger partial charge in [0.25, 0.3) is 0 Å². The van der Waals surface area contributed by atoms with Crippen molar-refractivity contribution < 1.29 is 5.11 Å². The van der Waals surface area contributed by atoms with Gasteiger partial charge in [0.05, 0.1) is 0 Å². The van der Waals surface area contributed by atoms with E-state index in [9.17, 15) is 5.11 Å². The van der Waals surface area contributed by atoms with Gasteiger partial charge in [0.2, 0.25) is 0 Å². The second kappa shape index (κ2) is 4.92. The summed E-state index contributed by atoms with van der Waals surface area (Å²) in [4.78, 5) is 7.84. The Morgan fingerprint density at radius 2 is 1.95 bits per heavy atom. The van der Waals surface area contributed by atoms with Crippen LogP contribution < -0.4 is 0 Å². The molecule has 0 amide bonds. The van der Waals surface area contributed by atoms with Crippen molar-refractivity contribution in [1.82, 2.24) is 9.97 Å². The maximum atomic E-state index is 9.65. The lowest BCUT2D eigenvalue weighted by molar-refractivity contribution is 0.475. The Balaban J connectivity index is 1.83. The molecule has 0 radical (unpaired) electrons. The Morgan fingerprint density at radius 3 is 2.76 bits per heavy atom. The van der Waals surface area contributed by atoms with Crippen LogP contribution >= 0.6 is 0 Å². The molecule has 1 aliphatic carbocycles. The standard InChI is InChI=1S/C18H18N2O/c21-15-7-3-6-13(8-15)14-9-16-17(12-4-1-2-5-12)11-20-18(16)19-10-14/h3,6-12,21H,1-2,4-5H2,(H,19,20). The number of fused-ring (bicyclic) bond motifs is 1. The minimum absolute atomic E-state index is 0.290. The fourth-order valence-corrected chi connectivity index (χ4v) is 3.44. The molecular weight excluding hydrogens is 260 g/mol. The first-order valence-electron chi connectivity index (χ1n) is 7.58. The highest BCUT2D eigenvalue weighted by atomic mass is 16.3. The van der Waals surface area contributed by atoms with Crippen LogP contribution in [0.2, 0.25) is 0 Å². The number of phenolic OH excluding ortho intramolecular Hbond substituents is 1. The zero-order chi connectivity index (χ0) is 14.2. The number of aromatic hydroxyl groups is 1. The van der Waals surface area contributed by atoms with E-state index >= 15 is 0 Å². The van der Waals surface area contributed by atoms with E-state index in [-0.39, 0.29) is 5.75 Å². The van der Waals surface area contributed by atoms with Crippen LogP contribution in [0.4, 0.5) is 0 Å². The average molecular weight is 278 g/mol. The zero-order valence-electron chi connectivity index (χ0n) is 11.8. The van der Waals surface area contributed by atoms with Crippen LogP contribution in [-0.4, -0.2) is 15.1 Å². The molecule has 2 N–H and O–H groups in total. The Hall–Kier alpha value is -2.29. The highest BCUT2D eigenvalue weighted by Crippen LogP contribution is 2.38. The van der Waals surface area contributed by atoms with Crippen molar-refractivity contribution in [3.63, 3.8) is 0 Å². The van der Waals surface area contributed by atoms with Crippen molar-refractivity contribution >= 4 is 11.0 Å². The number of phenols is 1. The van der Waals surface area contributed by atoms with Crippen LogP contribution in [0.5, 0.6) is 5.75 Å². The normalized spacial score (nSPS) is 15.8. The lowest BCUT2D eigenvalue weighted by Crippen LogP contribution is -1.90. The summed E-state index contributed by atoms with van der Waals surface area (Å²) in [6, 6.07) is 9.54. The molecule has 1 fully saturated rings. The Labute approximate surface area is 123 Å². The molecule has 106 valence electrons.